The van der Waals surface area contributed by atoms with Gasteiger partial charge in [0.25, 0.3) is 11.9 Å². The SMILES string of the molecule is O=C(NCC1(N2CCCCC2)CCCC1)c1cnn(-c2nccc(-c3cccs3)n2)c1C1CC1. The van der Waals surface area contributed by atoms with E-state index in [0.29, 0.717) is 17.4 Å². The van der Waals surface area contributed by atoms with E-state index in [0.717, 1.165) is 35.7 Å². The lowest BCUT2D eigenvalue weighted by Crippen LogP contribution is -2.55. The predicted molar refractivity (Wildman–Crippen MR) is 133 cm³/mol. The normalized spacial score (nSPS) is 20.5. The third kappa shape index (κ3) is 4.18. The van der Waals surface area contributed by atoms with Gasteiger partial charge in [-0.25, -0.2) is 14.6 Å². The Bertz CT molecular complexity index is 1140. The Labute approximate surface area is 204 Å². The maximum absolute atomic E-state index is 13.5. The number of rotatable bonds is 7. The monoisotopic (exact) mass is 476 g/mol. The van der Waals surface area contributed by atoms with Crippen LogP contribution >= 0.6 is 11.3 Å². The lowest BCUT2D eigenvalue weighted by molar-refractivity contribution is 0.0642. The highest BCUT2D eigenvalue weighted by atomic mass is 32.1. The van der Waals surface area contributed by atoms with E-state index >= 15 is 0 Å². The minimum Gasteiger partial charge on any atom is -0.350 e. The summed E-state index contributed by atoms with van der Waals surface area (Å²) in [4.78, 5) is 26.5. The molecule has 3 aromatic rings. The number of carbonyl (C=O) groups excluding carboxylic acids is 1. The molecule has 0 unspecified atom stereocenters. The van der Waals surface area contributed by atoms with Crippen LogP contribution in [-0.2, 0) is 0 Å². The summed E-state index contributed by atoms with van der Waals surface area (Å²) < 4.78 is 1.79. The van der Waals surface area contributed by atoms with Crippen LogP contribution in [0.2, 0.25) is 0 Å². The Morgan fingerprint density at radius 1 is 1.12 bits per heavy atom. The maximum atomic E-state index is 13.5. The van der Waals surface area contributed by atoms with Gasteiger partial charge in [0, 0.05) is 24.2 Å². The van der Waals surface area contributed by atoms with Crippen LogP contribution in [0.1, 0.15) is 79.8 Å². The van der Waals surface area contributed by atoms with E-state index in [4.69, 9.17) is 4.98 Å². The van der Waals surface area contributed by atoms with Crippen molar-refractivity contribution >= 4 is 17.2 Å². The highest BCUT2D eigenvalue weighted by Crippen LogP contribution is 2.42. The summed E-state index contributed by atoms with van der Waals surface area (Å²) in [6.07, 6.45) is 14.4. The number of carbonyl (C=O) groups is 1. The number of piperidine rings is 1. The number of aromatic nitrogens is 4. The fraction of sp³-hybridized carbons (Fsp3) is 0.538. The molecule has 1 N–H and O–H groups in total. The third-order valence-corrected chi connectivity index (χ3v) is 8.65. The average molecular weight is 477 g/mol. The molecule has 8 heteroatoms. The minimum atomic E-state index is -0.00848. The summed E-state index contributed by atoms with van der Waals surface area (Å²) in [7, 11) is 0. The van der Waals surface area contributed by atoms with Crippen molar-refractivity contribution in [2.24, 2.45) is 0 Å². The summed E-state index contributed by atoms with van der Waals surface area (Å²) in [5.41, 5.74) is 2.65. The van der Waals surface area contributed by atoms with Crippen molar-refractivity contribution in [3.63, 3.8) is 0 Å². The molecule has 3 aromatic heterocycles. The number of hydrogen-bond donors (Lipinski definition) is 1. The van der Waals surface area contributed by atoms with Crippen molar-refractivity contribution in [3.8, 4) is 16.5 Å². The molecule has 3 fully saturated rings. The van der Waals surface area contributed by atoms with Gasteiger partial charge in [-0.1, -0.05) is 25.3 Å². The molecule has 0 bridgehead atoms. The van der Waals surface area contributed by atoms with Crippen molar-refractivity contribution in [2.45, 2.75) is 69.2 Å². The number of hydrogen-bond acceptors (Lipinski definition) is 6. The van der Waals surface area contributed by atoms with Crippen molar-refractivity contribution in [1.82, 2.24) is 30.0 Å². The molecule has 7 nitrogen and oxygen atoms in total. The topological polar surface area (TPSA) is 75.9 Å². The van der Waals surface area contributed by atoms with Gasteiger partial charge in [0.2, 0.25) is 0 Å². The van der Waals surface area contributed by atoms with Crippen LogP contribution < -0.4 is 5.32 Å². The molecule has 34 heavy (non-hydrogen) atoms. The Morgan fingerprint density at radius 3 is 2.68 bits per heavy atom. The molecule has 1 amide bonds. The molecule has 1 aliphatic heterocycles. The van der Waals surface area contributed by atoms with Crippen LogP contribution in [-0.4, -0.2) is 55.7 Å². The zero-order valence-corrected chi connectivity index (χ0v) is 20.4. The molecular formula is C26H32N6OS. The van der Waals surface area contributed by atoms with Gasteiger partial charge in [-0.2, -0.15) is 5.10 Å². The van der Waals surface area contributed by atoms with Crippen molar-refractivity contribution in [2.75, 3.05) is 19.6 Å². The van der Waals surface area contributed by atoms with Gasteiger partial charge in [0.1, 0.15) is 0 Å². The summed E-state index contributed by atoms with van der Waals surface area (Å²) in [6.45, 7) is 3.06. The second-order valence-electron chi connectivity index (χ2n) is 10.0. The molecule has 178 valence electrons. The van der Waals surface area contributed by atoms with Crippen molar-refractivity contribution in [3.05, 3.63) is 47.2 Å². The first kappa shape index (κ1) is 21.9. The molecular weight excluding hydrogens is 444 g/mol. The van der Waals surface area contributed by atoms with Crippen LogP contribution in [0.5, 0.6) is 0 Å². The molecule has 0 aromatic carbocycles. The first-order chi connectivity index (χ1) is 16.7. The van der Waals surface area contributed by atoms with Gasteiger partial charge >= 0.3 is 0 Å². The predicted octanol–water partition coefficient (Wildman–Crippen LogP) is 4.80. The van der Waals surface area contributed by atoms with Gasteiger partial charge in [-0.05, 0) is 69.1 Å². The fourth-order valence-electron chi connectivity index (χ4n) is 5.80. The van der Waals surface area contributed by atoms with E-state index in [9.17, 15) is 4.79 Å². The average Bonchev–Trinajstić information content (AvgIpc) is 3.28. The zero-order chi connectivity index (χ0) is 23.0. The maximum Gasteiger partial charge on any atom is 0.254 e. The second-order valence-corrected chi connectivity index (χ2v) is 11.0. The van der Waals surface area contributed by atoms with E-state index in [1.165, 1.54) is 58.0 Å². The Kier molecular flexibility index (Phi) is 5.95. The van der Waals surface area contributed by atoms with Crippen molar-refractivity contribution in [1.29, 1.82) is 0 Å². The number of likely N-dealkylation sites (tertiary alicyclic amines) is 1. The van der Waals surface area contributed by atoms with Crippen LogP contribution in [0.3, 0.4) is 0 Å². The van der Waals surface area contributed by atoms with Crippen LogP contribution in [0.15, 0.2) is 36.0 Å². The smallest absolute Gasteiger partial charge is 0.254 e. The molecule has 0 radical (unpaired) electrons. The molecule has 6 rings (SSSR count). The number of thiophene rings is 1. The van der Waals surface area contributed by atoms with E-state index in [-0.39, 0.29) is 11.4 Å². The second kappa shape index (κ2) is 9.23. The Morgan fingerprint density at radius 2 is 1.94 bits per heavy atom. The molecule has 1 saturated heterocycles. The largest absolute Gasteiger partial charge is 0.350 e. The zero-order valence-electron chi connectivity index (χ0n) is 19.6. The Hall–Kier alpha value is -2.58. The molecule has 0 spiro atoms. The molecule has 2 saturated carbocycles. The minimum absolute atomic E-state index is 0.00848. The van der Waals surface area contributed by atoms with E-state index in [1.807, 2.05) is 17.5 Å². The molecule has 0 atom stereocenters. The lowest BCUT2D eigenvalue weighted by Gasteiger charge is -2.43. The number of nitrogens with zero attached hydrogens (tertiary/aromatic N) is 5. The van der Waals surface area contributed by atoms with Gasteiger partial charge in [-0.3, -0.25) is 9.69 Å². The van der Waals surface area contributed by atoms with Crippen LogP contribution in [0.25, 0.3) is 16.5 Å². The van der Waals surface area contributed by atoms with Crippen molar-refractivity contribution < 1.29 is 4.79 Å². The highest BCUT2D eigenvalue weighted by molar-refractivity contribution is 7.13. The van der Waals surface area contributed by atoms with E-state index in [2.05, 4.69) is 26.4 Å². The summed E-state index contributed by atoms with van der Waals surface area (Å²) in [5, 5.41) is 9.98. The van der Waals surface area contributed by atoms with Gasteiger partial charge < -0.3 is 5.32 Å². The third-order valence-electron chi connectivity index (χ3n) is 7.76. The standard InChI is InChI=1S/C26H32N6OS/c33-24(28-18-26(11-2-3-12-26)31-14-4-1-5-15-31)20-17-29-32(23(20)19-8-9-19)25-27-13-10-21(30-25)22-7-6-16-34-22/h6-7,10,13,16-17,19H,1-5,8-9,11-12,14-15,18H2,(H,28,33). The molecule has 3 aliphatic rings. The summed E-state index contributed by atoms with van der Waals surface area (Å²) in [5.74, 6) is 0.873. The summed E-state index contributed by atoms with van der Waals surface area (Å²) in [6, 6.07) is 6.00. The first-order valence-electron chi connectivity index (χ1n) is 12.7. The first-order valence-corrected chi connectivity index (χ1v) is 13.6. The Balaban J connectivity index is 1.24. The van der Waals surface area contributed by atoms with Gasteiger partial charge in [0.15, 0.2) is 0 Å². The number of amides is 1. The van der Waals surface area contributed by atoms with Gasteiger partial charge in [0.05, 0.1) is 28.0 Å². The number of nitrogens with one attached hydrogen (secondary N) is 1. The summed E-state index contributed by atoms with van der Waals surface area (Å²) >= 11 is 1.65. The molecule has 2 aliphatic carbocycles. The van der Waals surface area contributed by atoms with E-state index in [1.54, 1.807) is 28.4 Å². The fourth-order valence-corrected chi connectivity index (χ4v) is 6.50. The quantitative estimate of drug-likeness (QED) is 0.530. The van der Waals surface area contributed by atoms with E-state index < -0.39 is 0 Å². The van der Waals surface area contributed by atoms with Gasteiger partial charge in [-0.15, -0.1) is 11.3 Å². The van der Waals surface area contributed by atoms with Crippen LogP contribution in [0, 0.1) is 0 Å². The molecule has 4 heterocycles. The lowest BCUT2D eigenvalue weighted by atomic mass is 9.92. The highest BCUT2D eigenvalue weighted by Gasteiger charge is 2.41. The van der Waals surface area contributed by atoms with Crippen LogP contribution in [0.4, 0.5) is 0 Å².